The molecule has 8 heavy (non-hydrogen) atoms. The molecule has 0 aromatic carbocycles. The first-order valence-corrected chi connectivity index (χ1v) is 2.67. The Morgan fingerprint density at radius 1 is 1.62 bits per heavy atom. The van der Waals surface area contributed by atoms with Crippen molar-refractivity contribution in [2.45, 2.75) is 0 Å². The number of rotatable bonds is 0. The van der Waals surface area contributed by atoms with E-state index in [1.54, 1.807) is 15.6 Å². The summed E-state index contributed by atoms with van der Waals surface area (Å²) in [6.07, 6.45) is 1.68. The Hall–Kier alpha value is -0.640. The van der Waals surface area contributed by atoms with Gasteiger partial charge in [0.25, 0.3) is 0 Å². The summed E-state index contributed by atoms with van der Waals surface area (Å²) in [5.74, 6) is 0. The molecule has 0 saturated heterocycles. The molecule has 1 heterocycles. The van der Waals surface area contributed by atoms with Crippen LogP contribution in [0.2, 0.25) is 0 Å². The number of aryl methyl sites for hydroxylation is 2. The van der Waals surface area contributed by atoms with E-state index in [1.807, 2.05) is 14.1 Å². The second-order valence-corrected chi connectivity index (χ2v) is 2.01. The van der Waals surface area contributed by atoms with E-state index in [4.69, 9.17) is 12.2 Å². The third-order valence-electron chi connectivity index (χ3n) is 0.977. The topological polar surface area (TPSA) is 22.8 Å². The average Bonchev–Trinajstić information content (AvgIpc) is 1.98. The van der Waals surface area contributed by atoms with Crippen molar-refractivity contribution in [3.05, 3.63) is 11.1 Å². The quantitative estimate of drug-likeness (QED) is 0.476. The highest BCUT2D eigenvalue weighted by atomic mass is 32.1. The van der Waals surface area contributed by atoms with Crippen LogP contribution in [0.15, 0.2) is 6.33 Å². The fraction of sp³-hybridized carbons (Fsp3) is 0.500. The van der Waals surface area contributed by atoms with Crippen molar-refractivity contribution >= 4 is 12.2 Å². The highest BCUT2D eigenvalue weighted by molar-refractivity contribution is 7.71. The zero-order chi connectivity index (χ0) is 6.15. The Morgan fingerprint density at radius 3 is 2.38 bits per heavy atom. The third kappa shape index (κ3) is 0.667. The molecule has 0 aliphatic rings. The minimum Gasteiger partial charge on any atom is -0.310 e. The van der Waals surface area contributed by atoms with Gasteiger partial charge in [0.1, 0.15) is 6.33 Å². The average molecular weight is 129 g/mol. The predicted molar refractivity (Wildman–Crippen MR) is 33.0 cm³/mol. The van der Waals surface area contributed by atoms with Crippen molar-refractivity contribution in [2.75, 3.05) is 0 Å². The number of aromatic nitrogens is 3. The molecular formula is C4H7N3S. The molecule has 0 N–H and O–H groups in total. The zero-order valence-corrected chi connectivity index (χ0v) is 5.64. The Labute approximate surface area is 52.6 Å². The second-order valence-electron chi connectivity index (χ2n) is 1.65. The monoisotopic (exact) mass is 129 g/mol. The van der Waals surface area contributed by atoms with Gasteiger partial charge in [-0.05, 0) is 12.2 Å². The van der Waals surface area contributed by atoms with Crippen molar-refractivity contribution in [1.82, 2.24) is 14.3 Å². The Bertz CT molecular complexity index is 211. The molecule has 3 nitrogen and oxygen atoms in total. The largest absolute Gasteiger partial charge is 0.310 e. The Morgan fingerprint density at radius 2 is 2.25 bits per heavy atom. The summed E-state index contributed by atoms with van der Waals surface area (Å²) in [5.41, 5.74) is 0. The highest BCUT2D eigenvalue weighted by Crippen LogP contribution is 1.83. The van der Waals surface area contributed by atoms with Crippen LogP contribution in [0.4, 0.5) is 0 Å². The van der Waals surface area contributed by atoms with E-state index in [0.29, 0.717) is 0 Å². The van der Waals surface area contributed by atoms with Crippen molar-refractivity contribution in [2.24, 2.45) is 14.1 Å². The molecule has 0 radical (unpaired) electrons. The van der Waals surface area contributed by atoms with Crippen molar-refractivity contribution in [1.29, 1.82) is 0 Å². The Kier molecular flexibility index (Phi) is 1.17. The SMILES string of the molecule is Cn1cnn(C)c1=S. The van der Waals surface area contributed by atoms with E-state index in [9.17, 15) is 0 Å². The van der Waals surface area contributed by atoms with E-state index >= 15 is 0 Å². The van der Waals surface area contributed by atoms with Crippen molar-refractivity contribution < 1.29 is 0 Å². The maximum absolute atomic E-state index is 4.89. The van der Waals surface area contributed by atoms with Crippen LogP contribution in [-0.4, -0.2) is 14.3 Å². The van der Waals surface area contributed by atoms with E-state index in [-0.39, 0.29) is 0 Å². The fourth-order valence-corrected chi connectivity index (χ4v) is 0.576. The van der Waals surface area contributed by atoms with Gasteiger partial charge < -0.3 is 4.57 Å². The molecule has 0 aliphatic heterocycles. The summed E-state index contributed by atoms with van der Waals surface area (Å²) < 4.78 is 4.18. The van der Waals surface area contributed by atoms with Gasteiger partial charge in [-0.3, -0.25) is 0 Å². The van der Waals surface area contributed by atoms with Gasteiger partial charge in [-0.1, -0.05) is 0 Å². The van der Waals surface area contributed by atoms with Gasteiger partial charge in [-0.2, -0.15) is 5.10 Å². The van der Waals surface area contributed by atoms with Crippen molar-refractivity contribution in [3.63, 3.8) is 0 Å². The minimum atomic E-state index is 0.741. The van der Waals surface area contributed by atoms with E-state index in [0.717, 1.165) is 4.77 Å². The van der Waals surface area contributed by atoms with Gasteiger partial charge in [-0.15, -0.1) is 0 Å². The molecule has 0 amide bonds. The molecule has 1 rings (SSSR count). The fourth-order valence-electron chi connectivity index (χ4n) is 0.482. The molecular weight excluding hydrogens is 122 g/mol. The number of hydrogen-bond donors (Lipinski definition) is 0. The molecule has 44 valence electrons. The molecule has 1 aromatic rings. The minimum absolute atomic E-state index is 0.741. The van der Waals surface area contributed by atoms with Crippen LogP contribution in [0.25, 0.3) is 0 Å². The smallest absolute Gasteiger partial charge is 0.197 e. The first-order chi connectivity index (χ1) is 3.72. The van der Waals surface area contributed by atoms with Gasteiger partial charge in [0.05, 0.1) is 0 Å². The van der Waals surface area contributed by atoms with Crippen LogP contribution in [0.5, 0.6) is 0 Å². The highest BCUT2D eigenvalue weighted by Gasteiger charge is 1.86. The molecule has 0 atom stereocenters. The number of nitrogens with zero attached hydrogens (tertiary/aromatic N) is 3. The normalized spacial score (nSPS) is 9.75. The summed E-state index contributed by atoms with van der Waals surface area (Å²) >= 11 is 4.89. The van der Waals surface area contributed by atoms with Crippen LogP contribution in [0.1, 0.15) is 0 Å². The molecule has 0 saturated carbocycles. The van der Waals surface area contributed by atoms with Crippen LogP contribution < -0.4 is 0 Å². The van der Waals surface area contributed by atoms with Gasteiger partial charge >= 0.3 is 0 Å². The lowest BCUT2D eigenvalue weighted by atomic mass is 11.1. The summed E-state index contributed by atoms with van der Waals surface area (Å²) in [6.45, 7) is 0. The third-order valence-corrected chi connectivity index (χ3v) is 1.53. The second kappa shape index (κ2) is 1.70. The molecule has 1 aromatic heterocycles. The number of hydrogen-bond acceptors (Lipinski definition) is 2. The predicted octanol–water partition coefficient (Wildman–Crippen LogP) is 0.488. The van der Waals surface area contributed by atoms with Gasteiger partial charge in [-0.25, -0.2) is 4.68 Å². The summed E-state index contributed by atoms with van der Waals surface area (Å²) in [4.78, 5) is 0. The van der Waals surface area contributed by atoms with Gasteiger partial charge in [0.2, 0.25) is 0 Å². The lowest BCUT2D eigenvalue weighted by Crippen LogP contribution is -1.90. The standard InChI is InChI=1S/C4H7N3S/c1-6-3-5-7(2)4(6)8/h3H,1-2H3. The molecule has 0 unspecified atom stereocenters. The van der Waals surface area contributed by atoms with E-state index < -0.39 is 0 Å². The van der Waals surface area contributed by atoms with E-state index in [2.05, 4.69) is 5.10 Å². The Balaban J connectivity index is 3.42. The molecule has 0 fully saturated rings. The van der Waals surface area contributed by atoms with Gasteiger partial charge in [0, 0.05) is 14.1 Å². The van der Waals surface area contributed by atoms with Crippen LogP contribution in [0.3, 0.4) is 0 Å². The van der Waals surface area contributed by atoms with Crippen molar-refractivity contribution in [3.8, 4) is 0 Å². The lowest BCUT2D eigenvalue weighted by molar-refractivity contribution is 0.741. The maximum Gasteiger partial charge on any atom is 0.197 e. The van der Waals surface area contributed by atoms with E-state index in [1.165, 1.54) is 0 Å². The molecule has 0 aliphatic carbocycles. The summed E-state index contributed by atoms with van der Waals surface area (Å²) in [7, 11) is 3.69. The van der Waals surface area contributed by atoms with Crippen LogP contribution in [0, 0.1) is 4.77 Å². The first-order valence-electron chi connectivity index (χ1n) is 2.26. The zero-order valence-electron chi connectivity index (χ0n) is 4.83. The summed E-state index contributed by atoms with van der Waals surface area (Å²) in [6, 6.07) is 0. The van der Waals surface area contributed by atoms with Crippen LogP contribution >= 0.6 is 12.2 Å². The molecule has 0 bridgehead atoms. The molecule has 0 spiro atoms. The first kappa shape index (κ1) is 5.50. The summed E-state index contributed by atoms with van der Waals surface area (Å²) in [5, 5.41) is 3.89. The maximum atomic E-state index is 4.89. The van der Waals surface area contributed by atoms with Gasteiger partial charge in [0.15, 0.2) is 4.77 Å². The lowest BCUT2D eigenvalue weighted by Gasteiger charge is -1.83. The van der Waals surface area contributed by atoms with Crippen LogP contribution in [-0.2, 0) is 14.1 Å². The molecule has 4 heteroatoms.